The Morgan fingerprint density at radius 3 is 2.74 bits per heavy atom. The molecule has 0 amide bonds. The largest absolute Gasteiger partial charge is 0.507 e. The van der Waals surface area contributed by atoms with Gasteiger partial charge in [-0.3, -0.25) is 4.90 Å². The molecule has 2 fully saturated rings. The van der Waals surface area contributed by atoms with Crippen LogP contribution in [0.4, 0.5) is 10.2 Å². The molecule has 1 aromatic carbocycles. The van der Waals surface area contributed by atoms with Gasteiger partial charge in [0.15, 0.2) is 5.82 Å². The second-order valence-corrected chi connectivity index (χ2v) is 8.92. The molecular formula is C23H27FN6O. The van der Waals surface area contributed by atoms with Gasteiger partial charge in [0, 0.05) is 37.1 Å². The summed E-state index contributed by atoms with van der Waals surface area (Å²) in [4.78, 5) is 8.16. The lowest BCUT2D eigenvalue weighted by atomic mass is 9.84. The van der Waals surface area contributed by atoms with Gasteiger partial charge in [0.1, 0.15) is 11.9 Å². The van der Waals surface area contributed by atoms with Crippen molar-refractivity contribution in [2.75, 3.05) is 19.0 Å². The zero-order valence-corrected chi connectivity index (χ0v) is 18.0. The summed E-state index contributed by atoms with van der Waals surface area (Å²) in [7, 11) is 3.94. The Morgan fingerprint density at radius 2 is 2.06 bits per heavy atom. The number of alkyl halides is 1. The first-order valence-corrected chi connectivity index (χ1v) is 10.6. The molecule has 5 rings (SSSR count). The molecule has 162 valence electrons. The molecule has 3 aromatic rings. The lowest BCUT2D eigenvalue weighted by molar-refractivity contribution is 0.00185. The maximum absolute atomic E-state index is 15.5. The summed E-state index contributed by atoms with van der Waals surface area (Å²) in [5, 5.41) is 19.2. The van der Waals surface area contributed by atoms with Crippen molar-refractivity contribution >= 4 is 5.82 Å². The number of imidazole rings is 1. The van der Waals surface area contributed by atoms with Crippen LogP contribution < -0.4 is 4.90 Å². The number of benzene rings is 1. The second kappa shape index (κ2) is 7.30. The number of anilines is 1. The molecule has 4 atom stereocenters. The van der Waals surface area contributed by atoms with Gasteiger partial charge in [-0.05, 0) is 57.5 Å². The SMILES string of the molecule is CN(c1ccc(-c2ccc(-n3ccnc3)cc2O)nn1)[C@H]1CC2CC[C@](C)([C@H]1F)N2C. The molecule has 0 radical (unpaired) electrons. The first-order chi connectivity index (χ1) is 14.9. The maximum Gasteiger partial charge on any atom is 0.151 e. The number of halogens is 1. The Labute approximate surface area is 181 Å². The number of nitrogens with zero attached hydrogens (tertiary/aromatic N) is 6. The fourth-order valence-electron chi connectivity index (χ4n) is 5.16. The fourth-order valence-corrected chi connectivity index (χ4v) is 5.16. The van der Waals surface area contributed by atoms with E-state index in [1.165, 1.54) is 0 Å². The molecule has 2 saturated heterocycles. The second-order valence-electron chi connectivity index (χ2n) is 8.92. The number of aromatic nitrogens is 4. The predicted molar refractivity (Wildman–Crippen MR) is 117 cm³/mol. The molecule has 2 aromatic heterocycles. The molecule has 0 aliphatic carbocycles. The molecule has 7 nitrogen and oxygen atoms in total. The van der Waals surface area contributed by atoms with Crippen molar-refractivity contribution in [1.29, 1.82) is 0 Å². The highest BCUT2D eigenvalue weighted by Gasteiger charge is 2.55. The van der Waals surface area contributed by atoms with E-state index in [-0.39, 0.29) is 11.8 Å². The molecule has 31 heavy (non-hydrogen) atoms. The van der Waals surface area contributed by atoms with Crippen LogP contribution in [0.1, 0.15) is 26.2 Å². The highest BCUT2D eigenvalue weighted by atomic mass is 19.1. The number of phenolic OH excluding ortho intramolecular Hbond substituents is 1. The van der Waals surface area contributed by atoms with Crippen LogP contribution in [0.5, 0.6) is 5.75 Å². The summed E-state index contributed by atoms with van der Waals surface area (Å²) >= 11 is 0. The molecule has 1 N–H and O–H groups in total. The van der Waals surface area contributed by atoms with E-state index in [9.17, 15) is 5.11 Å². The lowest BCUT2D eigenvalue weighted by Crippen LogP contribution is -2.62. The van der Waals surface area contributed by atoms with Crippen LogP contribution in [-0.2, 0) is 0 Å². The summed E-state index contributed by atoms with van der Waals surface area (Å²) in [5.41, 5.74) is 1.55. The van der Waals surface area contributed by atoms with E-state index in [0.29, 0.717) is 23.1 Å². The van der Waals surface area contributed by atoms with Crippen LogP contribution in [-0.4, -0.2) is 67.6 Å². The molecule has 2 aliphatic rings. The Hall–Kier alpha value is -3.00. The molecule has 0 spiro atoms. The first kappa shape index (κ1) is 19.9. The fraction of sp³-hybridized carbons (Fsp3) is 0.435. The van der Waals surface area contributed by atoms with Crippen molar-refractivity contribution in [3.8, 4) is 22.7 Å². The Bertz CT molecular complexity index is 1070. The van der Waals surface area contributed by atoms with Crippen molar-refractivity contribution < 1.29 is 9.50 Å². The summed E-state index contributed by atoms with van der Waals surface area (Å²) in [6, 6.07) is 9.22. The quantitative estimate of drug-likeness (QED) is 0.695. The van der Waals surface area contributed by atoms with Gasteiger partial charge in [0.2, 0.25) is 0 Å². The molecular weight excluding hydrogens is 395 g/mol. The molecule has 4 heterocycles. The molecule has 0 saturated carbocycles. The van der Waals surface area contributed by atoms with Gasteiger partial charge in [0.25, 0.3) is 0 Å². The standard InChI is InChI=1S/C23H27FN6O/c1-23-9-8-15(29(23)3)12-19(22(23)24)28(2)21-7-6-18(26-27-21)17-5-4-16(13-20(17)31)30-11-10-25-14-30/h4-7,10-11,13-15,19,22,31H,8-9,12H2,1-3H3/t15?,19-,22-,23+/m0/s1. The van der Waals surface area contributed by atoms with Crippen LogP contribution in [0.15, 0.2) is 49.1 Å². The van der Waals surface area contributed by atoms with Crippen molar-refractivity contribution in [2.24, 2.45) is 0 Å². The monoisotopic (exact) mass is 422 g/mol. The van der Waals surface area contributed by atoms with E-state index in [0.717, 1.165) is 24.9 Å². The van der Waals surface area contributed by atoms with Crippen molar-refractivity contribution in [2.45, 2.75) is 50.0 Å². The minimum atomic E-state index is -0.956. The number of hydrogen-bond acceptors (Lipinski definition) is 6. The van der Waals surface area contributed by atoms with Crippen LogP contribution in [0.25, 0.3) is 16.9 Å². The lowest BCUT2D eigenvalue weighted by Gasteiger charge is -2.49. The van der Waals surface area contributed by atoms with E-state index in [1.54, 1.807) is 18.6 Å². The molecule has 8 heteroatoms. The minimum absolute atomic E-state index is 0.116. The predicted octanol–water partition coefficient (Wildman–Crippen LogP) is 3.43. The van der Waals surface area contributed by atoms with Gasteiger partial charge in [-0.25, -0.2) is 9.37 Å². The highest BCUT2D eigenvalue weighted by molar-refractivity contribution is 5.69. The van der Waals surface area contributed by atoms with E-state index in [2.05, 4.69) is 20.1 Å². The summed E-state index contributed by atoms with van der Waals surface area (Å²) < 4.78 is 17.3. The summed E-state index contributed by atoms with van der Waals surface area (Å²) in [5.74, 6) is 0.753. The van der Waals surface area contributed by atoms with E-state index >= 15 is 4.39 Å². The number of piperidine rings is 1. The Morgan fingerprint density at radius 1 is 1.23 bits per heavy atom. The molecule has 1 unspecified atom stereocenters. The normalized spacial score (nSPS) is 28.1. The zero-order valence-electron chi connectivity index (χ0n) is 18.0. The van der Waals surface area contributed by atoms with Gasteiger partial charge >= 0.3 is 0 Å². The number of rotatable bonds is 4. The molecule has 2 aliphatic heterocycles. The van der Waals surface area contributed by atoms with Crippen LogP contribution >= 0.6 is 0 Å². The summed E-state index contributed by atoms with van der Waals surface area (Å²) in [6.45, 7) is 2.03. The van der Waals surface area contributed by atoms with Crippen molar-refractivity contribution in [3.63, 3.8) is 0 Å². The van der Waals surface area contributed by atoms with Crippen LogP contribution in [0, 0.1) is 0 Å². The molecule has 2 bridgehead atoms. The third kappa shape index (κ3) is 3.17. The average Bonchev–Trinajstić information content (AvgIpc) is 3.38. The van der Waals surface area contributed by atoms with E-state index in [1.807, 2.05) is 60.9 Å². The Kier molecular flexibility index (Phi) is 4.69. The van der Waals surface area contributed by atoms with Gasteiger partial charge < -0.3 is 14.6 Å². The van der Waals surface area contributed by atoms with Crippen LogP contribution in [0.2, 0.25) is 0 Å². The van der Waals surface area contributed by atoms with Gasteiger partial charge in [-0.2, -0.15) is 0 Å². The third-order valence-corrected chi connectivity index (χ3v) is 7.35. The van der Waals surface area contributed by atoms with Gasteiger partial charge in [0.05, 0.1) is 29.3 Å². The number of phenols is 1. The average molecular weight is 423 g/mol. The zero-order chi connectivity index (χ0) is 21.8. The van der Waals surface area contributed by atoms with Crippen molar-refractivity contribution in [3.05, 3.63) is 49.1 Å². The van der Waals surface area contributed by atoms with Gasteiger partial charge in [-0.1, -0.05) is 0 Å². The smallest absolute Gasteiger partial charge is 0.151 e. The minimum Gasteiger partial charge on any atom is -0.507 e. The van der Waals surface area contributed by atoms with E-state index in [4.69, 9.17) is 0 Å². The van der Waals surface area contributed by atoms with Crippen molar-refractivity contribution in [1.82, 2.24) is 24.6 Å². The van der Waals surface area contributed by atoms with Gasteiger partial charge in [-0.15, -0.1) is 10.2 Å². The summed E-state index contributed by atoms with van der Waals surface area (Å²) in [6.07, 6.45) is 6.92. The number of aromatic hydroxyl groups is 1. The first-order valence-electron chi connectivity index (χ1n) is 10.6. The highest BCUT2D eigenvalue weighted by Crippen LogP contribution is 2.46. The topological polar surface area (TPSA) is 70.3 Å². The van der Waals surface area contributed by atoms with E-state index < -0.39 is 11.7 Å². The third-order valence-electron chi connectivity index (χ3n) is 7.35. The Balaban J connectivity index is 1.37. The number of fused-ring (bicyclic) bond motifs is 2. The number of hydrogen-bond donors (Lipinski definition) is 1. The van der Waals surface area contributed by atoms with Crippen LogP contribution in [0.3, 0.4) is 0 Å². The maximum atomic E-state index is 15.5.